The van der Waals surface area contributed by atoms with Crippen LogP contribution in [0.3, 0.4) is 0 Å². The molecule has 0 spiro atoms. The minimum atomic E-state index is 0.389. The Balaban J connectivity index is 1.84. The zero-order chi connectivity index (χ0) is 13.9. The number of aromatic nitrogens is 3. The first kappa shape index (κ1) is 12.5. The number of rotatable bonds is 4. The number of benzene rings is 1. The number of aryl methyl sites for hydroxylation is 1. The minimum Gasteiger partial charge on any atom is -0.496 e. The lowest BCUT2D eigenvalue weighted by Crippen LogP contribution is -2.01. The van der Waals surface area contributed by atoms with Gasteiger partial charge in [-0.3, -0.25) is 4.40 Å². The molecule has 102 valence electrons. The van der Waals surface area contributed by atoms with Crippen molar-refractivity contribution in [1.29, 1.82) is 0 Å². The zero-order valence-corrected chi connectivity index (χ0v) is 11.4. The second-order valence-electron chi connectivity index (χ2n) is 4.52. The van der Waals surface area contributed by atoms with E-state index in [1.54, 1.807) is 7.11 Å². The SMILES string of the molecule is COc1ccc(C)cc1COc1nnc2ccccn12. The van der Waals surface area contributed by atoms with Crippen LogP contribution >= 0.6 is 0 Å². The maximum Gasteiger partial charge on any atom is 0.321 e. The monoisotopic (exact) mass is 269 g/mol. The molecule has 0 atom stereocenters. The van der Waals surface area contributed by atoms with Crippen molar-refractivity contribution in [3.63, 3.8) is 0 Å². The summed E-state index contributed by atoms with van der Waals surface area (Å²) < 4.78 is 12.9. The molecule has 0 aliphatic rings. The van der Waals surface area contributed by atoms with E-state index in [9.17, 15) is 0 Å². The van der Waals surface area contributed by atoms with E-state index < -0.39 is 0 Å². The molecular weight excluding hydrogens is 254 g/mol. The summed E-state index contributed by atoms with van der Waals surface area (Å²) in [6, 6.07) is 12.2. The summed E-state index contributed by atoms with van der Waals surface area (Å²) in [6.45, 7) is 2.43. The van der Waals surface area contributed by atoms with Crippen molar-refractivity contribution in [2.24, 2.45) is 0 Å². The normalized spacial score (nSPS) is 10.7. The number of pyridine rings is 1. The molecule has 0 saturated carbocycles. The summed E-state index contributed by atoms with van der Waals surface area (Å²) in [6.07, 6.45) is 1.87. The van der Waals surface area contributed by atoms with Crippen molar-refractivity contribution in [2.45, 2.75) is 13.5 Å². The maximum atomic E-state index is 5.75. The number of methoxy groups -OCH3 is 1. The molecule has 0 aliphatic heterocycles. The van der Waals surface area contributed by atoms with Gasteiger partial charge in [0, 0.05) is 11.8 Å². The Morgan fingerprint density at radius 2 is 2.05 bits per heavy atom. The van der Waals surface area contributed by atoms with Gasteiger partial charge in [0.05, 0.1) is 7.11 Å². The Morgan fingerprint density at radius 1 is 1.15 bits per heavy atom. The third-order valence-electron chi connectivity index (χ3n) is 3.08. The van der Waals surface area contributed by atoms with Gasteiger partial charge in [0.1, 0.15) is 12.4 Å². The highest BCUT2D eigenvalue weighted by Crippen LogP contribution is 2.21. The zero-order valence-electron chi connectivity index (χ0n) is 11.4. The van der Waals surface area contributed by atoms with E-state index in [0.29, 0.717) is 12.6 Å². The van der Waals surface area contributed by atoms with Crippen LogP contribution in [-0.4, -0.2) is 21.7 Å². The Hall–Kier alpha value is -2.56. The second-order valence-corrected chi connectivity index (χ2v) is 4.52. The van der Waals surface area contributed by atoms with E-state index >= 15 is 0 Å². The van der Waals surface area contributed by atoms with E-state index in [1.165, 1.54) is 0 Å². The van der Waals surface area contributed by atoms with Crippen LogP contribution in [0.5, 0.6) is 11.8 Å². The first-order chi connectivity index (χ1) is 9.78. The van der Waals surface area contributed by atoms with Gasteiger partial charge >= 0.3 is 6.01 Å². The Labute approximate surface area is 116 Å². The van der Waals surface area contributed by atoms with Crippen molar-refractivity contribution < 1.29 is 9.47 Å². The summed E-state index contributed by atoms with van der Waals surface area (Å²) >= 11 is 0. The van der Waals surface area contributed by atoms with Gasteiger partial charge in [-0.15, -0.1) is 5.10 Å². The summed E-state index contributed by atoms with van der Waals surface area (Å²) in [5, 5.41) is 8.09. The lowest BCUT2D eigenvalue weighted by molar-refractivity contribution is 0.271. The molecule has 5 heteroatoms. The third-order valence-corrected chi connectivity index (χ3v) is 3.08. The number of hydrogen-bond donors (Lipinski definition) is 0. The Morgan fingerprint density at radius 3 is 2.90 bits per heavy atom. The maximum absolute atomic E-state index is 5.75. The van der Waals surface area contributed by atoms with Crippen LogP contribution < -0.4 is 9.47 Å². The van der Waals surface area contributed by atoms with Gasteiger partial charge in [-0.1, -0.05) is 22.8 Å². The van der Waals surface area contributed by atoms with Gasteiger partial charge in [0.25, 0.3) is 0 Å². The highest BCUT2D eigenvalue weighted by molar-refractivity contribution is 5.39. The molecule has 0 bridgehead atoms. The number of hydrogen-bond acceptors (Lipinski definition) is 4. The average molecular weight is 269 g/mol. The fourth-order valence-corrected chi connectivity index (χ4v) is 2.08. The van der Waals surface area contributed by atoms with E-state index in [1.807, 2.05) is 53.9 Å². The van der Waals surface area contributed by atoms with E-state index in [0.717, 1.165) is 22.5 Å². The van der Waals surface area contributed by atoms with Crippen LogP contribution in [0, 0.1) is 6.92 Å². The molecular formula is C15H15N3O2. The van der Waals surface area contributed by atoms with Gasteiger partial charge < -0.3 is 9.47 Å². The topological polar surface area (TPSA) is 48.7 Å². The third kappa shape index (κ3) is 2.30. The molecule has 0 unspecified atom stereocenters. The van der Waals surface area contributed by atoms with Gasteiger partial charge in [-0.05, 0) is 31.2 Å². The fourth-order valence-electron chi connectivity index (χ4n) is 2.08. The highest BCUT2D eigenvalue weighted by Gasteiger charge is 2.08. The van der Waals surface area contributed by atoms with Crippen LogP contribution in [-0.2, 0) is 6.61 Å². The molecule has 0 N–H and O–H groups in total. The number of ether oxygens (including phenoxy) is 2. The molecule has 3 aromatic rings. The molecule has 1 aromatic carbocycles. The standard InChI is InChI=1S/C15H15N3O2/c1-11-6-7-13(19-2)12(9-11)10-20-15-17-16-14-5-3-4-8-18(14)15/h3-9H,10H2,1-2H3. The van der Waals surface area contributed by atoms with E-state index in [2.05, 4.69) is 10.2 Å². The summed E-state index contributed by atoms with van der Waals surface area (Å²) in [4.78, 5) is 0. The quantitative estimate of drug-likeness (QED) is 0.730. The number of fused-ring (bicyclic) bond motifs is 1. The average Bonchev–Trinajstić information content (AvgIpc) is 2.88. The minimum absolute atomic E-state index is 0.389. The molecule has 0 fully saturated rings. The summed E-state index contributed by atoms with van der Waals surface area (Å²) in [7, 11) is 1.65. The first-order valence-corrected chi connectivity index (χ1v) is 6.34. The Bertz CT molecular complexity index is 737. The molecule has 5 nitrogen and oxygen atoms in total. The van der Waals surface area contributed by atoms with Gasteiger partial charge in [-0.2, -0.15) is 0 Å². The van der Waals surface area contributed by atoms with E-state index in [-0.39, 0.29) is 0 Å². The largest absolute Gasteiger partial charge is 0.496 e. The van der Waals surface area contributed by atoms with Crippen LogP contribution in [0.25, 0.3) is 5.65 Å². The fraction of sp³-hybridized carbons (Fsp3) is 0.200. The predicted molar refractivity (Wildman–Crippen MR) is 75.1 cm³/mol. The predicted octanol–water partition coefficient (Wildman–Crippen LogP) is 2.63. The molecule has 3 rings (SSSR count). The molecule has 0 aliphatic carbocycles. The van der Waals surface area contributed by atoms with Crippen molar-refractivity contribution in [1.82, 2.24) is 14.6 Å². The molecule has 0 saturated heterocycles. The smallest absolute Gasteiger partial charge is 0.321 e. The molecule has 0 amide bonds. The van der Waals surface area contributed by atoms with Crippen LogP contribution in [0.15, 0.2) is 42.6 Å². The molecule has 0 radical (unpaired) electrons. The summed E-state index contributed by atoms with van der Waals surface area (Å²) in [5.74, 6) is 0.810. The van der Waals surface area contributed by atoms with Crippen molar-refractivity contribution in [2.75, 3.05) is 7.11 Å². The van der Waals surface area contributed by atoms with Crippen LogP contribution in [0.2, 0.25) is 0 Å². The second kappa shape index (κ2) is 5.21. The van der Waals surface area contributed by atoms with Crippen LogP contribution in [0.1, 0.15) is 11.1 Å². The molecule has 20 heavy (non-hydrogen) atoms. The van der Waals surface area contributed by atoms with Crippen LogP contribution in [0.4, 0.5) is 0 Å². The highest BCUT2D eigenvalue weighted by atomic mass is 16.5. The van der Waals surface area contributed by atoms with E-state index in [4.69, 9.17) is 9.47 Å². The van der Waals surface area contributed by atoms with Crippen molar-refractivity contribution in [3.8, 4) is 11.8 Å². The lowest BCUT2D eigenvalue weighted by atomic mass is 10.1. The van der Waals surface area contributed by atoms with Crippen molar-refractivity contribution >= 4 is 5.65 Å². The van der Waals surface area contributed by atoms with Gasteiger partial charge in [-0.25, -0.2) is 0 Å². The molecule has 2 aromatic heterocycles. The van der Waals surface area contributed by atoms with Crippen molar-refractivity contribution in [3.05, 3.63) is 53.7 Å². The first-order valence-electron chi connectivity index (χ1n) is 6.34. The number of nitrogens with zero attached hydrogens (tertiary/aromatic N) is 3. The molecule has 2 heterocycles. The Kier molecular flexibility index (Phi) is 3.25. The summed E-state index contributed by atoms with van der Waals surface area (Å²) in [5.41, 5.74) is 2.91. The van der Waals surface area contributed by atoms with Gasteiger partial charge in [0.2, 0.25) is 0 Å². The lowest BCUT2D eigenvalue weighted by Gasteiger charge is -2.09. The van der Waals surface area contributed by atoms with Gasteiger partial charge in [0.15, 0.2) is 5.65 Å².